The van der Waals surface area contributed by atoms with E-state index in [1.807, 2.05) is 0 Å². The summed E-state index contributed by atoms with van der Waals surface area (Å²) in [7, 11) is 0. The number of rotatable bonds is 0. The van der Waals surface area contributed by atoms with Crippen LogP contribution in [-0.4, -0.2) is 27.7 Å². The molecule has 0 radical (unpaired) electrons. The molecule has 2 N–H and O–H groups in total. The summed E-state index contributed by atoms with van der Waals surface area (Å²) in [4.78, 5) is 11.6. The number of aliphatic hydroxyl groups excluding tert-OH is 1. The van der Waals surface area contributed by atoms with Crippen LogP contribution < -0.4 is 0 Å². The molecule has 13 heavy (non-hydrogen) atoms. The van der Waals surface area contributed by atoms with Gasteiger partial charge in [0.15, 0.2) is 0 Å². The molecule has 0 spiro atoms. The number of carbonyl (C=O) groups excluding carboxylic acids is 1. The van der Waals surface area contributed by atoms with E-state index in [1.165, 1.54) is 0 Å². The molecule has 2 rings (SSSR count). The summed E-state index contributed by atoms with van der Waals surface area (Å²) in [6, 6.07) is 0. The molecular weight excluding hydrogens is 168 g/mol. The van der Waals surface area contributed by atoms with Crippen molar-refractivity contribution < 1.29 is 15.0 Å². The van der Waals surface area contributed by atoms with Crippen LogP contribution in [0.25, 0.3) is 0 Å². The van der Waals surface area contributed by atoms with Gasteiger partial charge < -0.3 is 10.2 Å². The molecule has 0 bridgehead atoms. The van der Waals surface area contributed by atoms with Gasteiger partial charge in [0.05, 0.1) is 11.5 Å². The highest BCUT2D eigenvalue weighted by Crippen LogP contribution is 2.52. The van der Waals surface area contributed by atoms with Gasteiger partial charge in [-0.1, -0.05) is 0 Å². The van der Waals surface area contributed by atoms with Crippen molar-refractivity contribution in [1.82, 2.24) is 0 Å². The number of hydrogen-bond acceptors (Lipinski definition) is 3. The zero-order chi connectivity index (χ0) is 9.69. The molecule has 0 aromatic rings. The van der Waals surface area contributed by atoms with Gasteiger partial charge in [-0.25, -0.2) is 0 Å². The number of Topliss-reactive ketones (excluding diaryl/α,β-unsaturated/α-hetero) is 1. The Hall–Kier alpha value is -0.410. The minimum atomic E-state index is -1.14. The second-order valence-electron chi connectivity index (χ2n) is 4.59. The summed E-state index contributed by atoms with van der Waals surface area (Å²) >= 11 is 0. The summed E-state index contributed by atoms with van der Waals surface area (Å²) < 4.78 is 0. The fourth-order valence-electron chi connectivity index (χ4n) is 2.88. The lowest BCUT2D eigenvalue weighted by molar-refractivity contribution is -0.169. The molecule has 0 saturated heterocycles. The first kappa shape index (κ1) is 9.16. The Balaban J connectivity index is 2.40. The van der Waals surface area contributed by atoms with Crippen LogP contribution in [-0.2, 0) is 4.79 Å². The zero-order valence-electron chi connectivity index (χ0n) is 7.92. The van der Waals surface area contributed by atoms with Gasteiger partial charge in [0.1, 0.15) is 11.4 Å². The van der Waals surface area contributed by atoms with Crippen molar-refractivity contribution in [3.05, 3.63) is 0 Å². The first-order chi connectivity index (χ1) is 6.01. The Bertz CT molecular complexity index is 251. The molecule has 3 nitrogen and oxygen atoms in total. The van der Waals surface area contributed by atoms with Gasteiger partial charge in [-0.15, -0.1) is 0 Å². The number of fused-ring (bicyclic) bond motifs is 1. The highest BCUT2D eigenvalue weighted by Gasteiger charge is 2.61. The van der Waals surface area contributed by atoms with E-state index in [0.717, 1.165) is 12.8 Å². The fraction of sp³-hybridized carbons (Fsp3) is 0.900. The van der Waals surface area contributed by atoms with Gasteiger partial charge in [-0.3, -0.25) is 4.79 Å². The summed E-state index contributed by atoms with van der Waals surface area (Å²) in [6.07, 6.45) is 2.33. The Kier molecular flexibility index (Phi) is 1.79. The molecule has 0 amide bonds. The molecule has 0 aromatic heterocycles. The minimum Gasteiger partial charge on any atom is -0.390 e. The van der Waals surface area contributed by atoms with E-state index in [4.69, 9.17) is 0 Å². The van der Waals surface area contributed by atoms with E-state index in [9.17, 15) is 15.0 Å². The Morgan fingerprint density at radius 3 is 2.77 bits per heavy atom. The van der Waals surface area contributed by atoms with Crippen LogP contribution in [0.4, 0.5) is 0 Å². The molecule has 0 heterocycles. The van der Waals surface area contributed by atoms with Gasteiger partial charge in [-0.2, -0.15) is 0 Å². The predicted octanol–water partition coefficient (Wildman–Crippen LogP) is 0.632. The quantitative estimate of drug-likeness (QED) is 0.580. The van der Waals surface area contributed by atoms with Crippen LogP contribution in [0.5, 0.6) is 0 Å². The molecule has 2 aliphatic carbocycles. The van der Waals surface area contributed by atoms with E-state index < -0.39 is 17.1 Å². The Morgan fingerprint density at radius 1 is 1.46 bits per heavy atom. The van der Waals surface area contributed by atoms with E-state index >= 15 is 0 Å². The van der Waals surface area contributed by atoms with E-state index in [2.05, 4.69) is 0 Å². The molecule has 2 fully saturated rings. The first-order valence-electron chi connectivity index (χ1n) is 4.94. The van der Waals surface area contributed by atoms with Gasteiger partial charge >= 0.3 is 0 Å². The number of carbonyl (C=O) groups is 1. The second kappa shape index (κ2) is 2.55. The van der Waals surface area contributed by atoms with E-state index in [0.29, 0.717) is 19.3 Å². The van der Waals surface area contributed by atoms with Crippen molar-refractivity contribution in [3.63, 3.8) is 0 Å². The normalized spacial score (nSPS) is 50.7. The fourth-order valence-corrected chi connectivity index (χ4v) is 2.88. The van der Waals surface area contributed by atoms with E-state index in [-0.39, 0.29) is 5.78 Å². The highest BCUT2D eigenvalue weighted by atomic mass is 16.3. The van der Waals surface area contributed by atoms with Crippen molar-refractivity contribution in [2.75, 3.05) is 0 Å². The lowest BCUT2D eigenvalue weighted by Gasteiger charge is -2.45. The molecule has 2 saturated carbocycles. The monoisotopic (exact) mass is 184 g/mol. The van der Waals surface area contributed by atoms with Crippen molar-refractivity contribution in [1.29, 1.82) is 0 Å². The summed E-state index contributed by atoms with van der Waals surface area (Å²) in [6.45, 7) is 1.80. The predicted molar refractivity (Wildman–Crippen MR) is 47.2 cm³/mol. The molecule has 3 atom stereocenters. The molecular formula is C10H16O3. The molecule has 2 aliphatic rings. The molecule has 0 aliphatic heterocycles. The van der Waals surface area contributed by atoms with E-state index in [1.54, 1.807) is 6.92 Å². The van der Waals surface area contributed by atoms with Crippen LogP contribution in [0, 0.1) is 5.41 Å². The maximum absolute atomic E-state index is 11.6. The van der Waals surface area contributed by atoms with Crippen molar-refractivity contribution in [2.24, 2.45) is 5.41 Å². The SMILES string of the molecule is C[C@]12CCC[C@H](O)[C@@]1(O)CCC2=O. The Morgan fingerprint density at radius 2 is 2.15 bits per heavy atom. The Labute approximate surface area is 77.8 Å². The van der Waals surface area contributed by atoms with Gasteiger partial charge in [-0.05, 0) is 32.6 Å². The van der Waals surface area contributed by atoms with Crippen LogP contribution in [0.2, 0.25) is 0 Å². The van der Waals surface area contributed by atoms with Gasteiger partial charge in [0.2, 0.25) is 0 Å². The smallest absolute Gasteiger partial charge is 0.141 e. The average molecular weight is 184 g/mol. The van der Waals surface area contributed by atoms with Gasteiger partial charge in [0, 0.05) is 6.42 Å². The van der Waals surface area contributed by atoms with Crippen LogP contribution in [0.15, 0.2) is 0 Å². The summed E-state index contributed by atoms with van der Waals surface area (Å²) in [5, 5.41) is 20.0. The maximum Gasteiger partial charge on any atom is 0.141 e. The van der Waals surface area contributed by atoms with Crippen LogP contribution in [0.1, 0.15) is 39.0 Å². The van der Waals surface area contributed by atoms with Crippen molar-refractivity contribution in [2.45, 2.75) is 50.7 Å². The number of aliphatic hydroxyl groups is 2. The van der Waals surface area contributed by atoms with Crippen molar-refractivity contribution in [3.8, 4) is 0 Å². The molecule has 3 heteroatoms. The molecule has 74 valence electrons. The zero-order valence-corrected chi connectivity index (χ0v) is 7.92. The lowest BCUT2D eigenvalue weighted by atomic mass is 9.64. The summed E-state index contributed by atoms with van der Waals surface area (Å²) in [5.74, 6) is 0.119. The maximum atomic E-state index is 11.6. The van der Waals surface area contributed by atoms with Gasteiger partial charge in [0.25, 0.3) is 0 Å². The third-order valence-electron chi connectivity index (χ3n) is 4.01. The third kappa shape index (κ3) is 0.945. The van der Waals surface area contributed by atoms with Crippen LogP contribution in [0.3, 0.4) is 0 Å². The third-order valence-corrected chi connectivity index (χ3v) is 4.01. The topological polar surface area (TPSA) is 57.5 Å². The molecule has 0 unspecified atom stereocenters. The lowest BCUT2D eigenvalue weighted by Crippen LogP contribution is -2.56. The first-order valence-corrected chi connectivity index (χ1v) is 4.94. The average Bonchev–Trinajstić information content (AvgIpc) is 2.31. The number of hydrogen-bond donors (Lipinski definition) is 2. The molecule has 0 aromatic carbocycles. The second-order valence-corrected chi connectivity index (χ2v) is 4.59. The number of ketones is 1. The van der Waals surface area contributed by atoms with Crippen molar-refractivity contribution >= 4 is 5.78 Å². The summed E-state index contributed by atoms with van der Waals surface area (Å²) in [5.41, 5.74) is -1.81. The standard InChI is InChI=1S/C10H16O3/c1-9-5-2-3-8(12)10(9,13)6-4-7(9)11/h8,12-13H,2-6H2,1H3/t8-,9+,10-/m0/s1. The van der Waals surface area contributed by atoms with Crippen LogP contribution >= 0.6 is 0 Å². The highest BCUT2D eigenvalue weighted by molar-refractivity contribution is 5.88. The largest absolute Gasteiger partial charge is 0.390 e. The minimum absolute atomic E-state index is 0.119.